The van der Waals surface area contributed by atoms with Crippen LogP contribution in [0.5, 0.6) is 17.2 Å². The van der Waals surface area contributed by atoms with Crippen LogP contribution >= 0.6 is 31.9 Å². The lowest BCUT2D eigenvalue weighted by Crippen LogP contribution is -1.92. The van der Waals surface area contributed by atoms with E-state index in [1.165, 1.54) is 0 Å². The van der Waals surface area contributed by atoms with Crippen LogP contribution in [-0.4, -0.2) is 5.11 Å². The molecule has 0 saturated carbocycles. The molecule has 22 heavy (non-hydrogen) atoms. The number of phenolic OH excluding ortho intramolecular Hbond substituents is 1. The highest BCUT2D eigenvalue weighted by molar-refractivity contribution is 9.11. The van der Waals surface area contributed by atoms with E-state index in [0.717, 1.165) is 25.5 Å². The Kier molecular flexibility index (Phi) is 4.19. The molecule has 5 heteroatoms. The number of ether oxygens (including phenoxy) is 1. The van der Waals surface area contributed by atoms with Crippen LogP contribution in [0.15, 0.2) is 50.0 Å². The van der Waals surface area contributed by atoms with Crippen molar-refractivity contribution < 1.29 is 14.3 Å². The molecule has 1 N–H and O–H groups in total. The summed E-state index contributed by atoms with van der Waals surface area (Å²) in [5.74, 6) is 1.84. The minimum Gasteiger partial charge on any atom is -0.508 e. The molecule has 0 aliphatic rings. The van der Waals surface area contributed by atoms with E-state index in [1.807, 2.05) is 32.0 Å². The van der Waals surface area contributed by atoms with Crippen LogP contribution in [0.2, 0.25) is 0 Å². The molecule has 114 valence electrons. The molecule has 0 amide bonds. The predicted octanol–water partition coefficient (Wildman–Crippen LogP) is 6.58. The normalized spacial score (nSPS) is 11.3. The fraction of sp³-hybridized carbons (Fsp3) is 0.176. The summed E-state index contributed by atoms with van der Waals surface area (Å²) in [4.78, 5) is 0. The molecule has 0 saturated heterocycles. The van der Waals surface area contributed by atoms with Crippen LogP contribution in [0.4, 0.5) is 0 Å². The van der Waals surface area contributed by atoms with Crippen molar-refractivity contribution in [3.8, 4) is 17.2 Å². The molecule has 0 bridgehead atoms. The molecule has 1 aromatic heterocycles. The van der Waals surface area contributed by atoms with E-state index in [0.29, 0.717) is 11.5 Å². The predicted molar refractivity (Wildman–Crippen MR) is 93.9 cm³/mol. The molecule has 0 fully saturated rings. The van der Waals surface area contributed by atoms with Gasteiger partial charge in [0.1, 0.15) is 17.1 Å². The van der Waals surface area contributed by atoms with Crippen molar-refractivity contribution in [3.05, 3.63) is 51.1 Å². The molecule has 1 heterocycles. The lowest BCUT2D eigenvalue weighted by atomic mass is 10.0. The number of halogens is 2. The fourth-order valence-corrected chi connectivity index (χ4v) is 3.67. The van der Waals surface area contributed by atoms with Gasteiger partial charge in [-0.25, -0.2) is 0 Å². The van der Waals surface area contributed by atoms with E-state index >= 15 is 0 Å². The molecule has 0 atom stereocenters. The standard InChI is InChI=1S/C17H14Br2O3/c1-9(2)12-7-10(3-4-14(12)20)22-17-13(18)8-15-11(16(17)19)5-6-21-15/h3-9,20H,1-2H3. The molecule has 0 aliphatic heterocycles. The number of aromatic hydroxyl groups is 1. The molecule has 0 unspecified atom stereocenters. The molecule has 0 spiro atoms. The largest absolute Gasteiger partial charge is 0.508 e. The summed E-state index contributed by atoms with van der Waals surface area (Å²) in [7, 11) is 0. The zero-order chi connectivity index (χ0) is 15.9. The first kappa shape index (κ1) is 15.4. The molecule has 0 radical (unpaired) electrons. The number of furan rings is 1. The summed E-state index contributed by atoms with van der Waals surface area (Å²) < 4.78 is 13.0. The zero-order valence-corrected chi connectivity index (χ0v) is 15.2. The van der Waals surface area contributed by atoms with E-state index in [9.17, 15) is 5.11 Å². The second-order valence-electron chi connectivity index (χ2n) is 5.31. The van der Waals surface area contributed by atoms with Gasteiger partial charge in [0.15, 0.2) is 5.75 Å². The molecule has 2 aromatic carbocycles. The van der Waals surface area contributed by atoms with Crippen molar-refractivity contribution in [1.82, 2.24) is 0 Å². The SMILES string of the molecule is CC(C)c1cc(Oc2c(Br)cc3occc3c2Br)ccc1O. The topological polar surface area (TPSA) is 42.6 Å². The molecule has 3 aromatic rings. The van der Waals surface area contributed by atoms with Crippen molar-refractivity contribution in [2.75, 3.05) is 0 Å². The van der Waals surface area contributed by atoms with Gasteiger partial charge in [-0.2, -0.15) is 0 Å². The van der Waals surface area contributed by atoms with Crippen molar-refractivity contribution >= 4 is 42.8 Å². The van der Waals surface area contributed by atoms with Gasteiger partial charge >= 0.3 is 0 Å². The zero-order valence-electron chi connectivity index (χ0n) is 12.1. The van der Waals surface area contributed by atoms with Gasteiger partial charge in [0.2, 0.25) is 0 Å². The summed E-state index contributed by atoms with van der Waals surface area (Å²) in [5, 5.41) is 10.9. The van der Waals surface area contributed by atoms with E-state index < -0.39 is 0 Å². The number of hydrogen-bond acceptors (Lipinski definition) is 3. The average Bonchev–Trinajstić information content (AvgIpc) is 2.93. The Morgan fingerprint density at radius 2 is 1.91 bits per heavy atom. The van der Waals surface area contributed by atoms with Gasteiger partial charge in [0.25, 0.3) is 0 Å². The van der Waals surface area contributed by atoms with Gasteiger partial charge in [-0.1, -0.05) is 13.8 Å². The first-order valence-electron chi connectivity index (χ1n) is 6.83. The van der Waals surface area contributed by atoms with E-state index in [-0.39, 0.29) is 11.7 Å². The minimum atomic E-state index is 0.215. The fourth-order valence-electron chi connectivity index (χ4n) is 2.29. The molecular weight excluding hydrogens is 412 g/mol. The smallest absolute Gasteiger partial charge is 0.156 e. The lowest BCUT2D eigenvalue weighted by molar-refractivity contribution is 0.453. The summed E-state index contributed by atoms with van der Waals surface area (Å²) >= 11 is 7.07. The second-order valence-corrected chi connectivity index (χ2v) is 6.96. The maximum Gasteiger partial charge on any atom is 0.156 e. The number of fused-ring (bicyclic) bond motifs is 1. The Bertz CT molecular complexity index is 837. The van der Waals surface area contributed by atoms with E-state index in [4.69, 9.17) is 9.15 Å². The van der Waals surface area contributed by atoms with Gasteiger partial charge in [-0.15, -0.1) is 0 Å². The van der Waals surface area contributed by atoms with Crippen LogP contribution in [-0.2, 0) is 0 Å². The van der Waals surface area contributed by atoms with Gasteiger partial charge in [0, 0.05) is 10.9 Å². The molecule has 0 aliphatic carbocycles. The van der Waals surface area contributed by atoms with Crippen LogP contribution in [0.3, 0.4) is 0 Å². The van der Waals surface area contributed by atoms with Crippen LogP contribution < -0.4 is 4.74 Å². The molecule has 3 rings (SSSR count). The Hall–Kier alpha value is -1.46. The maximum absolute atomic E-state index is 9.91. The third kappa shape index (κ3) is 2.75. The molecule has 3 nitrogen and oxygen atoms in total. The summed E-state index contributed by atoms with van der Waals surface area (Å²) in [6.45, 7) is 4.06. The summed E-state index contributed by atoms with van der Waals surface area (Å²) in [6, 6.07) is 9.02. The summed E-state index contributed by atoms with van der Waals surface area (Å²) in [5.41, 5.74) is 1.63. The first-order valence-corrected chi connectivity index (χ1v) is 8.42. The third-order valence-electron chi connectivity index (χ3n) is 3.45. The minimum absolute atomic E-state index is 0.215. The van der Waals surface area contributed by atoms with Crippen LogP contribution in [0.1, 0.15) is 25.3 Å². The quantitative estimate of drug-likeness (QED) is 0.515. The van der Waals surface area contributed by atoms with Crippen LogP contribution in [0.25, 0.3) is 11.0 Å². The Balaban J connectivity index is 2.05. The van der Waals surface area contributed by atoms with Crippen LogP contribution in [0, 0.1) is 0 Å². The highest BCUT2D eigenvalue weighted by Crippen LogP contribution is 2.43. The van der Waals surface area contributed by atoms with Gasteiger partial charge in [0.05, 0.1) is 15.2 Å². The van der Waals surface area contributed by atoms with Gasteiger partial charge in [-0.3, -0.25) is 0 Å². The maximum atomic E-state index is 9.91. The number of benzene rings is 2. The monoisotopic (exact) mass is 424 g/mol. The van der Waals surface area contributed by atoms with Crippen molar-refractivity contribution in [2.45, 2.75) is 19.8 Å². The Morgan fingerprint density at radius 3 is 2.64 bits per heavy atom. The van der Waals surface area contributed by atoms with Crippen molar-refractivity contribution in [3.63, 3.8) is 0 Å². The lowest BCUT2D eigenvalue weighted by Gasteiger charge is -2.14. The van der Waals surface area contributed by atoms with Crippen molar-refractivity contribution in [2.24, 2.45) is 0 Å². The van der Waals surface area contributed by atoms with Crippen molar-refractivity contribution in [1.29, 1.82) is 0 Å². The highest BCUT2D eigenvalue weighted by Gasteiger charge is 2.15. The van der Waals surface area contributed by atoms with Gasteiger partial charge < -0.3 is 14.3 Å². The van der Waals surface area contributed by atoms with E-state index in [2.05, 4.69) is 31.9 Å². The number of hydrogen-bond donors (Lipinski definition) is 1. The average molecular weight is 426 g/mol. The Labute approximate surface area is 145 Å². The van der Waals surface area contributed by atoms with E-state index in [1.54, 1.807) is 18.4 Å². The third-order valence-corrected chi connectivity index (χ3v) is 4.82. The number of rotatable bonds is 3. The number of phenols is 1. The highest BCUT2D eigenvalue weighted by atomic mass is 79.9. The first-order chi connectivity index (χ1) is 10.5. The second kappa shape index (κ2) is 5.97. The van der Waals surface area contributed by atoms with Gasteiger partial charge in [-0.05, 0) is 68.1 Å². The molecular formula is C17H14Br2O3. The summed E-state index contributed by atoms with van der Waals surface area (Å²) in [6.07, 6.45) is 1.64. The Morgan fingerprint density at radius 1 is 1.14 bits per heavy atom.